The molecule has 0 heterocycles. The van der Waals surface area contributed by atoms with Crippen LogP contribution in [0.2, 0.25) is 0 Å². The number of methoxy groups -OCH3 is 1. The lowest BCUT2D eigenvalue weighted by atomic mass is 10.1. The van der Waals surface area contributed by atoms with E-state index in [2.05, 4.69) is 15.6 Å². The van der Waals surface area contributed by atoms with Crippen LogP contribution in [0.25, 0.3) is 0 Å². The number of nitrogens with zero attached hydrogens (tertiary/aromatic N) is 1. The summed E-state index contributed by atoms with van der Waals surface area (Å²) >= 11 is 0. The Hall–Kier alpha value is -2.03. The second-order valence-electron chi connectivity index (χ2n) is 5.46. The van der Waals surface area contributed by atoms with Crippen LogP contribution in [0.4, 0.5) is 4.39 Å². The van der Waals surface area contributed by atoms with Crippen LogP contribution in [0, 0.1) is 12.7 Å². The maximum absolute atomic E-state index is 13.3. The first-order chi connectivity index (χ1) is 12.1. The van der Waals surface area contributed by atoms with Gasteiger partial charge >= 0.3 is 0 Å². The van der Waals surface area contributed by atoms with Crippen LogP contribution >= 0.6 is 24.0 Å². The molecule has 2 aromatic carbocycles. The SMILES string of the molecule is CN=C(NCCOc1cccc(OC)c1)NCc1ccc(F)c(C)c1.I. The van der Waals surface area contributed by atoms with Gasteiger partial charge in [0.2, 0.25) is 0 Å². The van der Waals surface area contributed by atoms with E-state index in [4.69, 9.17) is 9.47 Å². The number of aryl methyl sites for hydroxylation is 1. The minimum atomic E-state index is -0.194. The van der Waals surface area contributed by atoms with Gasteiger partial charge in [-0.3, -0.25) is 4.99 Å². The number of guanidine groups is 1. The fourth-order valence-corrected chi connectivity index (χ4v) is 2.25. The largest absolute Gasteiger partial charge is 0.497 e. The maximum atomic E-state index is 13.3. The van der Waals surface area contributed by atoms with Crippen molar-refractivity contribution in [3.63, 3.8) is 0 Å². The van der Waals surface area contributed by atoms with E-state index in [1.54, 1.807) is 27.1 Å². The third-order valence-corrected chi connectivity index (χ3v) is 3.61. The fourth-order valence-electron chi connectivity index (χ4n) is 2.25. The number of rotatable bonds is 7. The van der Waals surface area contributed by atoms with Crippen molar-refractivity contribution in [3.05, 3.63) is 59.4 Å². The lowest BCUT2D eigenvalue weighted by Crippen LogP contribution is -2.38. The monoisotopic (exact) mass is 473 g/mol. The molecule has 0 atom stereocenters. The molecule has 0 aliphatic carbocycles. The summed E-state index contributed by atoms with van der Waals surface area (Å²) in [7, 11) is 3.33. The Kier molecular flexibility index (Phi) is 9.79. The predicted molar refractivity (Wildman–Crippen MR) is 113 cm³/mol. The zero-order valence-electron chi connectivity index (χ0n) is 15.2. The number of benzene rings is 2. The van der Waals surface area contributed by atoms with Crippen LogP contribution in [0.3, 0.4) is 0 Å². The summed E-state index contributed by atoms with van der Waals surface area (Å²) in [6.07, 6.45) is 0. The number of hydrogen-bond acceptors (Lipinski definition) is 3. The normalized spacial score (nSPS) is 10.7. The standard InChI is InChI=1S/C19H24FN3O2.HI/c1-14-11-15(7-8-18(14)20)13-23-19(21-2)22-9-10-25-17-6-4-5-16(12-17)24-3;/h4-8,11-12H,9-10,13H2,1-3H3,(H2,21,22,23);1H. The average molecular weight is 473 g/mol. The van der Waals surface area contributed by atoms with Gasteiger partial charge < -0.3 is 20.1 Å². The first-order valence-electron chi connectivity index (χ1n) is 8.09. The lowest BCUT2D eigenvalue weighted by molar-refractivity contribution is 0.319. The minimum absolute atomic E-state index is 0. The first kappa shape index (κ1) is 22.0. The van der Waals surface area contributed by atoms with Gasteiger partial charge in [-0.15, -0.1) is 24.0 Å². The highest BCUT2D eigenvalue weighted by Gasteiger charge is 2.02. The highest BCUT2D eigenvalue weighted by atomic mass is 127. The molecule has 7 heteroatoms. The van der Waals surface area contributed by atoms with Crippen molar-refractivity contribution in [1.29, 1.82) is 0 Å². The maximum Gasteiger partial charge on any atom is 0.191 e. The van der Waals surface area contributed by atoms with Crippen LogP contribution in [0.5, 0.6) is 11.5 Å². The van der Waals surface area contributed by atoms with E-state index in [-0.39, 0.29) is 29.8 Å². The molecular weight excluding hydrogens is 448 g/mol. The van der Waals surface area contributed by atoms with Crippen LogP contribution in [-0.2, 0) is 6.54 Å². The number of aliphatic imine (C=N–C) groups is 1. The van der Waals surface area contributed by atoms with E-state index in [1.807, 2.05) is 30.3 Å². The highest BCUT2D eigenvalue weighted by Crippen LogP contribution is 2.18. The average Bonchev–Trinajstić information content (AvgIpc) is 2.64. The molecule has 26 heavy (non-hydrogen) atoms. The molecule has 0 aromatic heterocycles. The molecule has 0 saturated carbocycles. The quantitative estimate of drug-likeness (QED) is 0.280. The molecule has 0 saturated heterocycles. The molecule has 2 aromatic rings. The Morgan fingerprint density at radius 3 is 2.58 bits per heavy atom. The third kappa shape index (κ3) is 7.07. The van der Waals surface area contributed by atoms with Gasteiger partial charge in [0.15, 0.2) is 5.96 Å². The Balaban J connectivity index is 0.00000338. The van der Waals surface area contributed by atoms with E-state index >= 15 is 0 Å². The third-order valence-electron chi connectivity index (χ3n) is 3.61. The highest BCUT2D eigenvalue weighted by molar-refractivity contribution is 14.0. The molecule has 0 radical (unpaired) electrons. The molecule has 0 unspecified atom stereocenters. The molecular formula is C19H25FIN3O2. The van der Waals surface area contributed by atoms with E-state index in [9.17, 15) is 4.39 Å². The van der Waals surface area contributed by atoms with Crippen molar-refractivity contribution in [2.24, 2.45) is 4.99 Å². The summed E-state index contributed by atoms with van der Waals surface area (Å²) in [5.74, 6) is 1.99. The van der Waals surface area contributed by atoms with Crippen molar-refractivity contribution < 1.29 is 13.9 Å². The van der Waals surface area contributed by atoms with Crippen molar-refractivity contribution in [2.45, 2.75) is 13.5 Å². The fraction of sp³-hybridized carbons (Fsp3) is 0.316. The van der Waals surface area contributed by atoms with Gasteiger partial charge in [0.05, 0.1) is 13.7 Å². The summed E-state index contributed by atoms with van der Waals surface area (Å²) < 4.78 is 24.1. The first-order valence-corrected chi connectivity index (χ1v) is 8.09. The van der Waals surface area contributed by atoms with E-state index < -0.39 is 0 Å². The number of hydrogen-bond donors (Lipinski definition) is 2. The molecule has 0 fully saturated rings. The van der Waals surface area contributed by atoms with Crippen molar-refractivity contribution >= 4 is 29.9 Å². The Labute approximate surface area is 171 Å². The van der Waals surface area contributed by atoms with Crippen molar-refractivity contribution in [1.82, 2.24) is 10.6 Å². The van der Waals surface area contributed by atoms with Gasteiger partial charge in [-0.25, -0.2) is 4.39 Å². The summed E-state index contributed by atoms with van der Waals surface area (Å²) in [5.41, 5.74) is 1.63. The molecule has 142 valence electrons. The number of ether oxygens (including phenoxy) is 2. The van der Waals surface area contributed by atoms with E-state index in [0.29, 0.717) is 31.2 Å². The second kappa shape index (κ2) is 11.6. The second-order valence-corrected chi connectivity index (χ2v) is 5.46. The smallest absolute Gasteiger partial charge is 0.191 e. The molecule has 0 spiro atoms. The molecule has 0 aliphatic rings. The molecule has 0 bridgehead atoms. The molecule has 5 nitrogen and oxygen atoms in total. The van der Waals surface area contributed by atoms with Crippen LogP contribution < -0.4 is 20.1 Å². The van der Waals surface area contributed by atoms with Crippen LogP contribution in [-0.4, -0.2) is 33.3 Å². The summed E-state index contributed by atoms with van der Waals surface area (Å²) in [5, 5.41) is 6.36. The van der Waals surface area contributed by atoms with E-state index in [0.717, 1.165) is 17.1 Å². The van der Waals surface area contributed by atoms with Gasteiger partial charge in [0.1, 0.15) is 23.9 Å². The van der Waals surface area contributed by atoms with Gasteiger partial charge in [0.25, 0.3) is 0 Å². The van der Waals surface area contributed by atoms with Crippen molar-refractivity contribution in [3.8, 4) is 11.5 Å². The van der Waals surface area contributed by atoms with Gasteiger partial charge in [0, 0.05) is 19.7 Å². The Morgan fingerprint density at radius 1 is 1.12 bits per heavy atom. The van der Waals surface area contributed by atoms with Crippen LogP contribution in [0.15, 0.2) is 47.5 Å². The van der Waals surface area contributed by atoms with E-state index in [1.165, 1.54) is 6.07 Å². The summed E-state index contributed by atoms with van der Waals surface area (Å²) in [6, 6.07) is 12.5. The van der Waals surface area contributed by atoms with Gasteiger partial charge in [-0.2, -0.15) is 0 Å². The molecule has 2 rings (SSSR count). The zero-order chi connectivity index (χ0) is 18.1. The topological polar surface area (TPSA) is 54.9 Å². The number of halogens is 2. The number of nitrogens with one attached hydrogen (secondary N) is 2. The minimum Gasteiger partial charge on any atom is -0.497 e. The lowest BCUT2D eigenvalue weighted by Gasteiger charge is -2.13. The Morgan fingerprint density at radius 2 is 1.88 bits per heavy atom. The summed E-state index contributed by atoms with van der Waals surface area (Å²) in [4.78, 5) is 4.16. The van der Waals surface area contributed by atoms with Crippen molar-refractivity contribution in [2.75, 3.05) is 27.3 Å². The zero-order valence-corrected chi connectivity index (χ0v) is 17.5. The van der Waals surface area contributed by atoms with Gasteiger partial charge in [-0.1, -0.05) is 18.2 Å². The predicted octanol–water partition coefficient (Wildman–Crippen LogP) is 3.50. The summed E-state index contributed by atoms with van der Waals surface area (Å²) in [6.45, 7) is 3.40. The molecule has 0 amide bonds. The molecule has 0 aliphatic heterocycles. The van der Waals surface area contributed by atoms with Crippen LogP contribution in [0.1, 0.15) is 11.1 Å². The molecule has 2 N–H and O–H groups in total. The van der Waals surface area contributed by atoms with Gasteiger partial charge in [-0.05, 0) is 36.2 Å². The Bertz CT molecular complexity index is 726.